The Kier molecular flexibility index (Phi) is 4.27. The number of nitrogens with zero attached hydrogens (tertiary/aromatic N) is 1. The molecule has 1 N–H and O–H groups in total. The Morgan fingerprint density at radius 1 is 1.47 bits per heavy atom. The van der Waals surface area contributed by atoms with E-state index in [0.717, 1.165) is 5.69 Å². The van der Waals surface area contributed by atoms with E-state index >= 15 is 0 Å². The Hall–Kier alpha value is -0.900. The predicted octanol–water partition coefficient (Wildman–Crippen LogP) is 3.25. The molecule has 4 heteroatoms. The quantitative estimate of drug-likeness (QED) is 0.856. The van der Waals surface area contributed by atoms with Crippen LogP contribution in [0.1, 0.15) is 45.7 Å². The smallest absolute Gasteiger partial charge is 0.226 e. The molecular formula is C11H18N2OS. The molecule has 0 unspecified atom stereocenters. The molecule has 0 radical (unpaired) electrons. The molecule has 0 spiro atoms. The Balaban J connectivity index is 2.53. The molecule has 1 aromatic rings. The summed E-state index contributed by atoms with van der Waals surface area (Å²) < 4.78 is 0. The van der Waals surface area contributed by atoms with E-state index in [1.54, 1.807) is 0 Å². The largest absolute Gasteiger partial charge is 0.302 e. The maximum Gasteiger partial charge on any atom is 0.226 e. The van der Waals surface area contributed by atoms with E-state index in [4.69, 9.17) is 0 Å². The standard InChI is InChI=1S/C11H18N2OS/c1-7(2)5-10(14)13-11-12-9(6-15-11)8(3)4/h6-8H,5H2,1-4H3,(H,12,13,14). The summed E-state index contributed by atoms with van der Waals surface area (Å²) >= 11 is 1.49. The summed E-state index contributed by atoms with van der Waals surface area (Å²) in [5.41, 5.74) is 1.04. The van der Waals surface area contributed by atoms with Crippen molar-refractivity contribution in [3.63, 3.8) is 0 Å². The number of carbonyl (C=O) groups is 1. The number of hydrogen-bond acceptors (Lipinski definition) is 3. The van der Waals surface area contributed by atoms with Gasteiger partial charge in [-0.1, -0.05) is 27.7 Å². The highest BCUT2D eigenvalue weighted by Gasteiger charge is 2.09. The summed E-state index contributed by atoms with van der Waals surface area (Å²) in [5.74, 6) is 0.848. The number of nitrogens with one attached hydrogen (secondary N) is 1. The molecule has 15 heavy (non-hydrogen) atoms. The van der Waals surface area contributed by atoms with Crippen molar-refractivity contribution in [3.8, 4) is 0 Å². The second-order valence-corrected chi connectivity index (χ2v) is 5.24. The third-order valence-electron chi connectivity index (χ3n) is 1.95. The first-order valence-corrected chi connectivity index (χ1v) is 6.12. The number of anilines is 1. The van der Waals surface area contributed by atoms with Crippen molar-refractivity contribution in [2.75, 3.05) is 5.32 Å². The van der Waals surface area contributed by atoms with Gasteiger partial charge in [0.05, 0.1) is 5.69 Å². The van der Waals surface area contributed by atoms with Crippen LogP contribution in [0.25, 0.3) is 0 Å². The Bertz CT molecular complexity index is 331. The number of aromatic nitrogens is 1. The van der Waals surface area contributed by atoms with Gasteiger partial charge in [0, 0.05) is 11.8 Å². The SMILES string of the molecule is CC(C)CC(=O)Nc1nc(C(C)C)cs1. The van der Waals surface area contributed by atoms with Gasteiger partial charge in [0.25, 0.3) is 0 Å². The fourth-order valence-corrected chi connectivity index (χ4v) is 2.04. The number of carbonyl (C=O) groups excluding carboxylic acids is 1. The summed E-state index contributed by atoms with van der Waals surface area (Å²) in [6.07, 6.45) is 0.552. The molecule has 1 heterocycles. The van der Waals surface area contributed by atoms with Crippen molar-refractivity contribution in [1.29, 1.82) is 0 Å². The first-order valence-electron chi connectivity index (χ1n) is 5.24. The van der Waals surface area contributed by atoms with E-state index in [2.05, 4.69) is 24.1 Å². The van der Waals surface area contributed by atoms with E-state index in [1.807, 2.05) is 19.2 Å². The van der Waals surface area contributed by atoms with Crippen LogP contribution < -0.4 is 5.32 Å². The summed E-state index contributed by atoms with van der Waals surface area (Å²) in [6.45, 7) is 8.24. The van der Waals surface area contributed by atoms with Crippen LogP contribution in [0.5, 0.6) is 0 Å². The average molecular weight is 226 g/mol. The minimum atomic E-state index is 0.0506. The molecule has 0 aliphatic heterocycles. The van der Waals surface area contributed by atoms with Gasteiger partial charge in [-0.2, -0.15) is 0 Å². The van der Waals surface area contributed by atoms with E-state index in [-0.39, 0.29) is 5.91 Å². The molecule has 1 rings (SSSR count). The Morgan fingerprint density at radius 2 is 2.13 bits per heavy atom. The fraction of sp³-hybridized carbons (Fsp3) is 0.636. The van der Waals surface area contributed by atoms with E-state index < -0.39 is 0 Å². The third-order valence-corrected chi connectivity index (χ3v) is 2.73. The number of thiazole rings is 1. The predicted molar refractivity (Wildman–Crippen MR) is 64.3 cm³/mol. The maximum absolute atomic E-state index is 11.5. The summed E-state index contributed by atoms with van der Waals surface area (Å²) in [7, 11) is 0. The number of rotatable bonds is 4. The van der Waals surface area contributed by atoms with Crippen LogP contribution in [0.15, 0.2) is 5.38 Å². The van der Waals surface area contributed by atoms with Gasteiger partial charge in [0.15, 0.2) is 5.13 Å². The van der Waals surface area contributed by atoms with Crippen LogP contribution >= 0.6 is 11.3 Å². The first-order chi connectivity index (χ1) is 6.99. The van der Waals surface area contributed by atoms with Gasteiger partial charge in [0.1, 0.15) is 0 Å². The van der Waals surface area contributed by atoms with Gasteiger partial charge >= 0.3 is 0 Å². The molecular weight excluding hydrogens is 208 g/mol. The lowest BCUT2D eigenvalue weighted by molar-refractivity contribution is -0.116. The maximum atomic E-state index is 11.5. The molecule has 0 aromatic carbocycles. The molecule has 1 aromatic heterocycles. The molecule has 84 valence electrons. The van der Waals surface area contributed by atoms with Crippen LogP contribution in [0.4, 0.5) is 5.13 Å². The average Bonchev–Trinajstić information content (AvgIpc) is 2.50. The fourth-order valence-electron chi connectivity index (χ4n) is 1.15. The van der Waals surface area contributed by atoms with E-state index in [0.29, 0.717) is 23.4 Å². The summed E-state index contributed by atoms with van der Waals surface area (Å²) in [5, 5.41) is 5.53. The second kappa shape index (κ2) is 5.26. The Labute approximate surface area is 94.9 Å². The zero-order valence-electron chi connectivity index (χ0n) is 9.70. The van der Waals surface area contributed by atoms with Crippen molar-refractivity contribution in [3.05, 3.63) is 11.1 Å². The van der Waals surface area contributed by atoms with Crippen molar-refractivity contribution in [1.82, 2.24) is 4.98 Å². The second-order valence-electron chi connectivity index (χ2n) is 4.38. The van der Waals surface area contributed by atoms with Crippen molar-refractivity contribution in [2.24, 2.45) is 5.92 Å². The van der Waals surface area contributed by atoms with E-state index in [1.165, 1.54) is 11.3 Å². The molecule has 3 nitrogen and oxygen atoms in total. The normalized spacial score (nSPS) is 11.1. The minimum absolute atomic E-state index is 0.0506. The lowest BCUT2D eigenvalue weighted by atomic mass is 10.1. The van der Waals surface area contributed by atoms with E-state index in [9.17, 15) is 4.79 Å². The molecule has 0 saturated carbocycles. The topological polar surface area (TPSA) is 42.0 Å². The molecule has 0 fully saturated rings. The number of hydrogen-bond donors (Lipinski definition) is 1. The van der Waals surface area contributed by atoms with Crippen molar-refractivity contribution >= 4 is 22.4 Å². The highest BCUT2D eigenvalue weighted by molar-refractivity contribution is 7.13. The molecule has 0 aliphatic rings. The molecule has 0 saturated heterocycles. The molecule has 0 aliphatic carbocycles. The van der Waals surface area contributed by atoms with Crippen LogP contribution in [-0.2, 0) is 4.79 Å². The highest BCUT2D eigenvalue weighted by atomic mass is 32.1. The Morgan fingerprint density at radius 3 is 2.60 bits per heavy atom. The highest BCUT2D eigenvalue weighted by Crippen LogP contribution is 2.21. The monoisotopic (exact) mass is 226 g/mol. The van der Waals surface area contributed by atoms with Crippen LogP contribution in [0, 0.1) is 5.92 Å². The summed E-state index contributed by atoms with van der Waals surface area (Å²) in [6, 6.07) is 0. The zero-order valence-corrected chi connectivity index (χ0v) is 10.5. The van der Waals surface area contributed by atoms with Gasteiger partial charge in [-0.25, -0.2) is 4.98 Å². The van der Waals surface area contributed by atoms with Gasteiger partial charge < -0.3 is 5.32 Å². The molecule has 0 bridgehead atoms. The lowest BCUT2D eigenvalue weighted by Crippen LogP contribution is -2.13. The van der Waals surface area contributed by atoms with Crippen LogP contribution in [0.2, 0.25) is 0 Å². The van der Waals surface area contributed by atoms with Gasteiger partial charge in [-0.05, 0) is 11.8 Å². The number of amides is 1. The molecule has 1 amide bonds. The van der Waals surface area contributed by atoms with Gasteiger partial charge in [-0.3, -0.25) is 4.79 Å². The van der Waals surface area contributed by atoms with Gasteiger partial charge in [0.2, 0.25) is 5.91 Å². The zero-order chi connectivity index (χ0) is 11.4. The minimum Gasteiger partial charge on any atom is -0.302 e. The lowest BCUT2D eigenvalue weighted by Gasteiger charge is -2.03. The van der Waals surface area contributed by atoms with Gasteiger partial charge in [-0.15, -0.1) is 11.3 Å². The van der Waals surface area contributed by atoms with Crippen molar-refractivity contribution < 1.29 is 4.79 Å². The third kappa shape index (κ3) is 4.00. The van der Waals surface area contributed by atoms with Crippen molar-refractivity contribution in [2.45, 2.75) is 40.0 Å². The van der Waals surface area contributed by atoms with Crippen LogP contribution in [-0.4, -0.2) is 10.9 Å². The summed E-state index contributed by atoms with van der Waals surface area (Å²) in [4.78, 5) is 15.8. The van der Waals surface area contributed by atoms with Crippen LogP contribution in [0.3, 0.4) is 0 Å². The first kappa shape index (κ1) is 12.2. The molecule has 0 atom stereocenters.